The Kier molecular flexibility index (Phi) is 36.7. The fourth-order valence-electron chi connectivity index (χ4n) is 6.24. The second-order valence-corrected chi connectivity index (χ2v) is 14.2. The van der Waals surface area contributed by atoms with Gasteiger partial charge >= 0.3 is 0 Å². The van der Waals surface area contributed by atoms with Crippen LogP contribution in [0.25, 0.3) is 0 Å². The van der Waals surface area contributed by atoms with Gasteiger partial charge in [0, 0.05) is 0 Å². The standard InChI is InChI=1S/C42H81NO4/c1-3-5-7-9-11-13-15-16-17-18-19-20-21-22-23-24-25-26-27-29-31-33-35-37-41(46)42(47)43-39(38-44)40(45)36-34-32-30-28-14-12-10-8-6-4-2/h22-23,34,36,39-41,44-46H,3-21,24-33,35,37-38H2,1-2H3,(H,43,47)/b23-22-,36-34+. The summed E-state index contributed by atoms with van der Waals surface area (Å²) in [7, 11) is 0. The highest BCUT2D eigenvalue weighted by molar-refractivity contribution is 5.80. The summed E-state index contributed by atoms with van der Waals surface area (Å²) in [4.78, 5) is 12.4. The summed E-state index contributed by atoms with van der Waals surface area (Å²) in [5.41, 5.74) is 0. The van der Waals surface area contributed by atoms with Crippen LogP contribution in [0.1, 0.15) is 213 Å². The number of hydrogen-bond donors (Lipinski definition) is 4. The molecule has 0 saturated carbocycles. The minimum atomic E-state index is -1.10. The van der Waals surface area contributed by atoms with Crippen molar-refractivity contribution < 1.29 is 20.1 Å². The number of carbonyl (C=O) groups is 1. The number of aliphatic hydroxyl groups excluding tert-OH is 3. The average molecular weight is 664 g/mol. The van der Waals surface area contributed by atoms with Gasteiger partial charge in [0.2, 0.25) is 5.91 Å². The average Bonchev–Trinajstić information content (AvgIpc) is 3.07. The van der Waals surface area contributed by atoms with Crippen molar-refractivity contribution in [1.82, 2.24) is 5.32 Å². The SMILES string of the molecule is CCCCCCCCCC/C=C/C(O)C(CO)NC(=O)C(O)CCCCCCCCC/C=C\CCCCCCCCCCCCCC. The lowest BCUT2D eigenvalue weighted by atomic mass is 10.0. The molecule has 1 amide bonds. The predicted octanol–water partition coefficient (Wildman–Crippen LogP) is 11.4. The zero-order chi connectivity index (χ0) is 34.5. The van der Waals surface area contributed by atoms with E-state index in [1.54, 1.807) is 6.08 Å². The first-order chi connectivity index (χ1) is 23.1. The molecule has 0 aromatic heterocycles. The van der Waals surface area contributed by atoms with Crippen molar-refractivity contribution in [3.63, 3.8) is 0 Å². The third-order valence-electron chi connectivity index (χ3n) is 9.54. The molecular weight excluding hydrogens is 582 g/mol. The molecule has 0 heterocycles. The first-order valence-corrected chi connectivity index (χ1v) is 20.7. The van der Waals surface area contributed by atoms with Gasteiger partial charge in [-0.15, -0.1) is 0 Å². The van der Waals surface area contributed by atoms with E-state index in [4.69, 9.17) is 0 Å². The normalized spacial score (nSPS) is 13.9. The number of amides is 1. The second kappa shape index (κ2) is 37.6. The Morgan fingerprint density at radius 3 is 1.23 bits per heavy atom. The van der Waals surface area contributed by atoms with E-state index in [0.29, 0.717) is 6.42 Å². The van der Waals surface area contributed by atoms with Crippen LogP contribution in [-0.4, -0.2) is 46.1 Å². The maximum absolute atomic E-state index is 12.4. The lowest BCUT2D eigenvalue weighted by Gasteiger charge is -2.21. The minimum Gasteiger partial charge on any atom is -0.394 e. The molecule has 0 aromatic carbocycles. The van der Waals surface area contributed by atoms with Crippen LogP contribution in [0.15, 0.2) is 24.3 Å². The molecule has 0 aliphatic carbocycles. The van der Waals surface area contributed by atoms with Crippen LogP contribution in [0.2, 0.25) is 0 Å². The van der Waals surface area contributed by atoms with Crippen LogP contribution in [0.5, 0.6) is 0 Å². The Morgan fingerprint density at radius 1 is 0.511 bits per heavy atom. The van der Waals surface area contributed by atoms with Crippen LogP contribution in [0.4, 0.5) is 0 Å². The number of unbranched alkanes of at least 4 members (excludes halogenated alkanes) is 27. The van der Waals surface area contributed by atoms with Crippen molar-refractivity contribution in [2.24, 2.45) is 0 Å². The van der Waals surface area contributed by atoms with Crippen LogP contribution in [0.3, 0.4) is 0 Å². The number of hydrogen-bond acceptors (Lipinski definition) is 4. The van der Waals surface area contributed by atoms with E-state index >= 15 is 0 Å². The molecule has 0 aliphatic rings. The molecule has 5 nitrogen and oxygen atoms in total. The van der Waals surface area contributed by atoms with Gasteiger partial charge in [0.25, 0.3) is 0 Å². The van der Waals surface area contributed by atoms with E-state index < -0.39 is 24.2 Å². The molecule has 0 saturated heterocycles. The van der Waals surface area contributed by atoms with Crippen molar-refractivity contribution >= 4 is 5.91 Å². The molecule has 0 fully saturated rings. The zero-order valence-electron chi connectivity index (χ0n) is 31.4. The summed E-state index contributed by atoms with van der Waals surface area (Å²) in [5.74, 6) is -0.508. The first kappa shape index (κ1) is 45.8. The smallest absolute Gasteiger partial charge is 0.249 e. The maximum atomic E-state index is 12.4. The number of allylic oxidation sites excluding steroid dienone is 3. The molecule has 278 valence electrons. The summed E-state index contributed by atoms with van der Waals surface area (Å²) < 4.78 is 0. The lowest BCUT2D eigenvalue weighted by Crippen LogP contribution is -2.48. The Labute approximate surface area is 292 Å². The Hall–Kier alpha value is -1.17. The van der Waals surface area contributed by atoms with Gasteiger partial charge in [-0.05, 0) is 44.9 Å². The van der Waals surface area contributed by atoms with Crippen molar-refractivity contribution in [1.29, 1.82) is 0 Å². The van der Waals surface area contributed by atoms with Crippen LogP contribution < -0.4 is 5.32 Å². The molecule has 3 unspecified atom stereocenters. The highest BCUT2D eigenvalue weighted by atomic mass is 16.3. The first-order valence-electron chi connectivity index (χ1n) is 20.7. The third kappa shape index (κ3) is 33.1. The predicted molar refractivity (Wildman–Crippen MR) is 204 cm³/mol. The third-order valence-corrected chi connectivity index (χ3v) is 9.54. The zero-order valence-corrected chi connectivity index (χ0v) is 31.4. The van der Waals surface area contributed by atoms with Crippen molar-refractivity contribution in [2.75, 3.05) is 6.61 Å². The van der Waals surface area contributed by atoms with Crippen LogP contribution in [0, 0.1) is 0 Å². The summed E-state index contributed by atoms with van der Waals surface area (Å²) in [6.07, 6.45) is 45.0. The van der Waals surface area contributed by atoms with Gasteiger partial charge in [-0.25, -0.2) is 0 Å². The van der Waals surface area contributed by atoms with Crippen molar-refractivity contribution in [2.45, 2.75) is 231 Å². The van der Waals surface area contributed by atoms with Gasteiger partial charge in [-0.2, -0.15) is 0 Å². The Morgan fingerprint density at radius 2 is 0.851 bits per heavy atom. The largest absolute Gasteiger partial charge is 0.394 e. The Bertz CT molecular complexity index is 694. The van der Waals surface area contributed by atoms with Crippen molar-refractivity contribution in [3.8, 4) is 0 Å². The van der Waals surface area contributed by atoms with E-state index in [9.17, 15) is 20.1 Å². The molecule has 0 aromatic rings. The number of nitrogens with one attached hydrogen (secondary N) is 1. The minimum absolute atomic E-state index is 0.364. The van der Waals surface area contributed by atoms with Gasteiger partial charge < -0.3 is 20.6 Å². The molecule has 0 spiro atoms. The molecule has 0 aliphatic heterocycles. The summed E-state index contributed by atoms with van der Waals surface area (Å²) in [6.45, 7) is 4.16. The van der Waals surface area contributed by atoms with Crippen LogP contribution >= 0.6 is 0 Å². The molecule has 3 atom stereocenters. The molecule has 0 rings (SSSR count). The summed E-state index contributed by atoms with van der Waals surface area (Å²) in [5, 5.41) is 32.9. The lowest BCUT2D eigenvalue weighted by molar-refractivity contribution is -0.131. The molecule has 4 N–H and O–H groups in total. The van der Waals surface area contributed by atoms with Gasteiger partial charge in [0.15, 0.2) is 0 Å². The molecule has 47 heavy (non-hydrogen) atoms. The molecular formula is C42H81NO4. The van der Waals surface area contributed by atoms with Gasteiger partial charge in [-0.1, -0.05) is 192 Å². The summed E-state index contributed by atoms with van der Waals surface area (Å²) >= 11 is 0. The van der Waals surface area contributed by atoms with Gasteiger partial charge in [0.1, 0.15) is 6.10 Å². The number of carbonyl (C=O) groups excluding carboxylic acids is 1. The van der Waals surface area contributed by atoms with Crippen LogP contribution in [-0.2, 0) is 4.79 Å². The van der Waals surface area contributed by atoms with E-state index in [-0.39, 0.29) is 6.61 Å². The number of rotatable bonds is 37. The Balaban J connectivity index is 3.63. The van der Waals surface area contributed by atoms with Gasteiger partial charge in [-0.3, -0.25) is 4.79 Å². The fraction of sp³-hybridized carbons (Fsp3) is 0.881. The van der Waals surface area contributed by atoms with Gasteiger partial charge in [0.05, 0.1) is 18.8 Å². The van der Waals surface area contributed by atoms with E-state index in [1.807, 2.05) is 6.08 Å². The topological polar surface area (TPSA) is 89.8 Å². The number of aliphatic hydroxyl groups is 3. The van der Waals surface area contributed by atoms with Crippen molar-refractivity contribution in [3.05, 3.63) is 24.3 Å². The van der Waals surface area contributed by atoms with E-state index in [2.05, 4.69) is 31.3 Å². The maximum Gasteiger partial charge on any atom is 0.249 e. The second-order valence-electron chi connectivity index (χ2n) is 14.2. The monoisotopic (exact) mass is 664 g/mol. The highest BCUT2D eigenvalue weighted by Crippen LogP contribution is 2.14. The molecule has 0 bridgehead atoms. The summed E-state index contributed by atoms with van der Waals surface area (Å²) in [6, 6.07) is -0.795. The highest BCUT2D eigenvalue weighted by Gasteiger charge is 2.22. The fourth-order valence-corrected chi connectivity index (χ4v) is 6.24. The van der Waals surface area contributed by atoms with E-state index in [0.717, 1.165) is 32.1 Å². The molecule has 0 radical (unpaired) electrons. The van der Waals surface area contributed by atoms with E-state index in [1.165, 1.54) is 161 Å². The molecule has 5 heteroatoms. The quantitative estimate of drug-likeness (QED) is 0.0393.